The van der Waals surface area contributed by atoms with Crippen LogP contribution in [0, 0.1) is 0 Å². The number of benzene rings is 2. The highest BCUT2D eigenvalue weighted by Crippen LogP contribution is 2.43. The Labute approximate surface area is 354 Å². The van der Waals surface area contributed by atoms with Crippen LogP contribution in [0.3, 0.4) is 0 Å². The third-order valence-corrected chi connectivity index (χ3v) is 12.4. The van der Waals surface area contributed by atoms with Gasteiger partial charge in [0.25, 0.3) is 0 Å². The number of halogens is 1. The van der Waals surface area contributed by atoms with E-state index >= 15 is 0 Å². The van der Waals surface area contributed by atoms with E-state index in [0.29, 0.717) is 24.0 Å². The normalized spacial score (nSPS) is 20.4. The predicted molar refractivity (Wildman–Crippen MR) is 233 cm³/mol. The summed E-state index contributed by atoms with van der Waals surface area (Å²) in [5.74, 6) is 0.139. The predicted octanol–water partition coefficient (Wildman–Crippen LogP) is 8.32. The van der Waals surface area contributed by atoms with Crippen molar-refractivity contribution in [3.63, 3.8) is 0 Å². The molecule has 4 aromatic rings. The number of carbonyl (C=O) groups is 2. The molecule has 3 fully saturated rings. The maximum absolute atomic E-state index is 12.4. The zero-order valence-electron chi connectivity index (χ0n) is 35.9. The molecule has 3 aliphatic rings. The number of carbonyl (C=O) groups excluding carboxylic acids is 2. The average molecular weight is 853 g/mol. The molecule has 7 rings (SSSR count). The highest BCUT2D eigenvalue weighted by atomic mass is 79.9. The maximum Gasteiger partial charge on any atom is 0.494 e. The number of Topliss-reactive ketones (excluding diaryl/α,β-unsaturated/α-hetero) is 2. The second-order valence-corrected chi connectivity index (χ2v) is 18.7. The molecule has 0 N–H and O–H groups in total. The van der Waals surface area contributed by atoms with E-state index in [1.165, 1.54) is 0 Å². The van der Waals surface area contributed by atoms with E-state index in [9.17, 15) is 9.59 Å². The Morgan fingerprint density at radius 1 is 0.483 bits per heavy atom. The molecule has 14 heteroatoms. The lowest BCUT2D eigenvalue weighted by Gasteiger charge is -2.32. The lowest BCUT2D eigenvalue weighted by Crippen LogP contribution is -2.41. The number of nitrogens with zero attached hydrogens (tertiary/aromatic N) is 2. The molecule has 306 valence electrons. The van der Waals surface area contributed by atoms with Gasteiger partial charge < -0.3 is 27.9 Å². The Hall–Kier alpha value is -3.49. The summed E-state index contributed by atoms with van der Waals surface area (Å²) in [6, 6.07) is 26.0. The summed E-state index contributed by atoms with van der Waals surface area (Å²) in [5.41, 5.74) is 1.70. The molecule has 2 aromatic carbocycles. The van der Waals surface area contributed by atoms with Crippen LogP contribution in [-0.2, 0) is 40.8 Å². The third kappa shape index (κ3) is 10.8. The van der Waals surface area contributed by atoms with E-state index in [2.05, 4.69) is 25.9 Å². The minimum Gasteiger partial charge on any atom is -0.405 e. The van der Waals surface area contributed by atoms with Gasteiger partial charge in [-0.15, -0.1) is 0 Å². The van der Waals surface area contributed by atoms with Crippen molar-refractivity contribution in [3.05, 3.63) is 124 Å². The molecule has 0 saturated carbocycles. The minimum absolute atomic E-state index is 0.0502. The topological polar surface area (TPSA) is 115 Å². The molecule has 2 aromatic heterocycles. The Morgan fingerprint density at radius 3 is 1.14 bits per heavy atom. The number of ketones is 2. The number of hydrogen-bond acceptors (Lipinski definition) is 10. The maximum atomic E-state index is 12.4. The van der Waals surface area contributed by atoms with Crippen LogP contribution in [0.4, 0.5) is 0 Å². The fourth-order valence-electron chi connectivity index (χ4n) is 5.98. The fraction of sp³-hybridized carbons (Fsp3) is 0.455. The number of pyridine rings is 2. The Balaban J connectivity index is 0.000000170. The van der Waals surface area contributed by atoms with Crippen molar-refractivity contribution < 1.29 is 37.5 Å². The summed E-state index contributed by atoms with van der Waals surface area (Å²) in [6.07, 6.45) is 4.05. The minimum atomic E-state index is -0.476. The van der Waals surface area contributed by atoms with Gasteiger partial charge in [0.2, 0.25) is 0 Å². The fourth-order valence-corrected chi connectivity index (χ4v) is 6.24. The van der Waals surface area contributed by atoms with Gasteiger partial charge in [-0.2, -0.15) is 0 Å². The smallest absolute Gasteiger partial charge is 0.405 e. The monoisotopic (exact) mass is 852 g/mol. The standard InChI is InChI=1S/C19H22BNO3.C13H10BrNO.C12H24B2O4/c1-18(2)19(3,4)24-20(23-18)15-10-8-14(9-11-15)17(22)13-16-7-5-6-12-21-16;14-11-6-4-10(5-7-11)13(16)9-12-3-1-2-8-15-12;1-9(2)10(3,4)16-13(15-9)14-17-11(5,6)12(7,8)18-14/h5-12H,13H2,1-4H3;1-8H,9H2;1-8H3. The molecular weight excluding hydrogens is 797 g/mol. The van der Waals surface area contributed by atoms with Crippen LogP contribution >= 0.6 is 15.9 Å². The Kier molecular flexibility index (Phi) is 13.9. The first-order chi connectivity index (χ1) is 26.9. The van der Waals surface area contributed by atoms with Crippen LogP contribution in [-0.4, -0.2) is 76.3 Å². The van der Waals surface area contributed by atoms with Gasteiger partial charge in [-0.25, -0.2) is 0 Å². The van der Waals surface area contributed by atoms with Crippen molar-refractivity contribution in [2.24, 2.45) is 0 Å². The van der Waals surface area contributed by atoms with Gasteiger partial charge in [0.05, 0.1) is 46.4 Å². The van der Waals surface area contributed by atoms with Gasteiger partial charge in [-0.3, -0.25) is 19.6 Å². The van der Waals surface area contributed by atoms with Crippen LogP contribution < -0.4 is 5.46 Å². The first-order valence-corrected chi connectivity index (χ1v) is 20.5. The van der Waals surface area contributed by atoms with Crippen molar-refractivity contribution in [1.29, 1.82) is 0 Å². The molecule has 3 aliphatic heterocycles. The van der Waals surface area contributed by atoms with Crippen molar-refractivity contribution in [2.45, 2.75) is 130 Å². The molecule has 0 spiro atoms. The van der Waals surface area contributed by atoms with Gasteiger partial charge in [-0.05, 0) is 125 Å². The van der Waals surface area contributed by atoms with Crippen molar-refractivity contribution in [3.8, 4) is 0 Å². The summed E-state index contributed by atoms with van der Waals surface area (Å²) in [7, 11) is -1.36. The number of aromatic nitrogens is 2. The molecule has 5 heterocycles. The highest BCUT2D eigenvalue weighted by Gasteiger charge is 2.63. The second kappa shape index (κ2) is 17.6. The second-order valence-electron chi connectivity index (χ2n) is 17.8. The van der Waals surface area contributed by atoms with Gasteiger partial charge in [0, 0.05) is 39.4 Å². The van der Waals surface area contributed by atoms with Gasteiger partial charge in [-0.1, -0.05) is 64.5 Å². The molecule has 3 saturated heterocycles. The quantitative estimate of drug-likeness (QED) is 0.127. The van der Waals surface area contributed by atoms with Crippen LogP contribution in [0.1, 0.15) is 115 Å². The molecular formula is C44H56B3BrN2O8. The lowest BCUT2D eigenvalue weighted by atomic mass is 9.49. The molecule has 0 aliphatic carbocycles. The van der Waals surface area contributed by atoms with Crippen LogP contribution in [0.15, 0.2) is 102 Å². The molecule has 10 nitrogen and oxygen atoms in total. The van der Waals surface area contributed by atoms with Crippen molar-refractivity contribution in [2.75, 3.05) is 0 Å². The van der Waals surface area contributed by atoms with E-state index < -0.39 is 21.1 Å². The zero-order valence-corrected chi connectivity index (χ0v) is 37.5. The summed E-state index contributed by atoms with van der Waals surface area (Å²) in [4.78, 5) is 32.5. The van der Waals surface area contributed by atoms with Gasteiger partial charge >= 0.3 is 21.1 Å². The SMILES string of the molecule is CC1(C)OB(B2OC(C)(C)C(C)(C)O2)OC1(C)C.CC1(C)OB(c2ccc(C(=O)Cc3ccccn3)cc2)OC1(C)C.O=C(Cc1ccccn1)c1ccc(Br)cc1. The Morgan fingerprint density at radius 2 is 0.810 bits per heavy atom. The summed E-state index contributed by atoms with van der Waals surface area (Å²) >= 11 is 3.34. The third-order valence-electron chi connectivity index (χ3n) is 11.8. The van der Waals surface area contributed by atoms with E-state index in [0.717, 1.165) is 21.3 Å². The van der Waals surface area contributed by atoms with E-state index in [1.807, 2.05) is 168 Å². The summed E-state index contributed by atoms with van der Waals surface area (Å²) < 4.78 is 36.9. The molecule has 0 radical (unpaired) electrons. The zero-order chi connectivity index (χ0) is 42.7. The van der Waals surface area contributed by atoms with Crippen LogP contribution in [0.5, 0.6) is 0 Å². The molecule has 0 atom stereocenters. The van der Waals surface area contributed by atoms with Crippen molar-refractivity contribution in [1.82, 2.24) is 9.97 Å². The number of hydrogen-bond donors (Lipinski definition) is 0. The largest absolute Gasteiger partial charge is 0.494 e. The molecule has 0 amide bonds. The van der Waals surface area contributed by atoms with E-state index in [-0.39, 0.29) is 45.2 Å². The summed E-state index contributed by atoms with van der Waals surface area (Å²) in [5, 5.41) is 0. The first kappa shape index (κ1) is 45.6. The molecule has 0 unspecified atom stereocenters. The van der Waals surface area contributed by atoms with Gasteiger partial charge in [0.1, 0.15) is 0 Å². The van der Waals surface area contributed by atoms with Crippen LogP contribution in [0.2, 0.25) is 0 Å². The Bertz CT molecular complexity index is 1930. The van der Waals surface area contributed by atoms with Crippen LogP contribution in [0.25, 0.3) is 0 Å². The van der Waals surface area contributed by atoms with Gasteiger partial charge in [0.15, 0.2) is 11.6 Å². The first-order valence-electron chi connectivity index (χ1n) is 19.7. The molecule has 0 bridgehead atoms. The number of rotatable bonds is 8. The van der Waals surface area contributed by atoms with E-state index in [4.69, 9.17) is 27.9 Å². The lowest BCUT2D eigenvalue weighted by molar-refractivity contribution is 0.00578. The summed E-state index contributed by atoms with van der Waals surface area (Å²) in [6.45, 7) is 24.3. The highest BCUT2D eigenvalue weighted by molar-refractivity contribution is 9.10. The molecule has 58 heavy (non-hydrogen) atoms. The van der Waals surface area contributed by atoms with Crippen molar-refractivity contribution >= 4 is 54.1 Å². The van der Waals surface area contributed by atoms with E-state index in [1.54, 1.807) is 12.4 Å². The average Bonchev–Trinajstić information content (AvgIpc) is 3.62.